The van der Waals surface area contributed by atoms with Crippen molar-refractivity contribution in [1.29, 1.82) is 0 Å². The number of carbonyl (C=O) groups is 2. The van der Waals surface area contributed by atoms with E-state index in [1.807, 2.05) is 36.4 Å². The molecule has 0 radical (unpaired) electrons. The zero-order valence-electron chi connectivity index (χ0n) is 18.8. The molecule has 0 atom stereocenters. The van der Waals surface area contributed by atoms with Gasteiger partial charge in [-0.3, -0.25) is 9.59 Å². The van der Waals surface area contributed by atoms with Crippen LogP contribution in [0.15, 0.2) is 39.3 Å². The molecule has 34 heavy (non-hydrogen) atoms. The van der Waals surface area contributed by atoms with E-state index in [-0.39, 0.29) is 12.3 Å². The second-order valence-corrected chi connectivity index (χ2v) is 11.3. The zero-order valence-corrected chi connectivity index (χ0v) is 24.2. The summed E-state index contributed by atoms with van der Waals surface area (Å²) in [6.45, 7) is 0.643. The smallest absolute Gasteiger partial charge is 0.303 e. The van der Waals surface area contributed by atoms with Crippen molar-refractivity contribution in [3.63, 3.8) is 0 Å². The maximum absolute atomic E-state index is 12.5. The summed E-state index contributed by atoms with van der Waals surface area (Å²) in [6, 6.07) is 9.86. The Balaban J connectivity index is 1.46. The lowest BCUT2D eigenvalue weighted by molar-refractivity contribution is -0.137. The average molecular weight is 705 g/mol. The fraction of sp³-hybridized carbons (Fsp3) is 0.385. The van der Waals surface area contributed by atoms with Crippen LogP contribution in [0.2, 0.25) is 0 Å². The number of hydrogen-bond acceptors (Lipinski definition) is 3. The van der Waals surface area contributed by atoms with E-state index in [0.717, 1.165) is 73.6 Å². The second kappa shape index (κ2) is 13.6. The summed E-state index contributed by atoms with van der Waals surface area (Å²) in [7, 11) is 0. The SMILES string of the molecule is O=C(O)CCCCCCCCCCOc1c(Br)cc(/C=C2\C(=O)Nc3ccc(I)cc32)cc1Br. The number of halogens is 3. The van der Waals surface area contributed by atoms with E-state index in [9.17, 15) is 9.59 Å². The van der Waals surface area contributed by atoms with Crippen LogP contribution in [-0.4, -0.2) is 23.6 Å². The molecular formula is C26H28Br2INO4. The standard InChI is InChI=1S/C26H28Br2INO4/c27-21-14-17(13-20-19-16-18(29)10-11-23(19)30-26(20)33)15-22(28)25(21)34-12-8-6-4-2-1-3-5-7-9-24(31)32/h10-11,13-16H,1-9,12H2,(H,30,33)(H,31,32)/b20-13-. The van der Waals surface area contributed by atoms with Crippen molar-refractivity contribution in [3.05, 3.63) is 54.0 Å². The maximum atomic E-state index is 12.5. The third-order valence-electron chi connectivity index (χ3n) is 5.63. The number of anilines is 1. The van der Waals surface area contributed by atoms with Crippen LogP contribution in [0.5, 0.6) is 5.75 Å². The minimum Gasteiger partial charge on any atom is -0.491 e. The van der Waals surface area contributed by atoms with E-state index in [4.69, 9.17) is 9.84 Å². The van der Waals surface area contributed by atoms with E-state index in [1.165, 1.54) is 12.8 Å². The molecule has 1 amide bonds. The van der Waals surface area contributed by atoms with Gasteiger partial charge in [-0.25, -0.2) is 0 Å². The molecule has 0 bridgehead atoms. The second-order valence-electron chi connectivity index (χ2n) is 8.34. The van der Waals surface area contributed by atoms with E-state index in [2.05, 4.69) is 59.8 Å². The number of carboxylic acids is 1. The number of aliphatic carboxylic acids is 1. The van der Waals surface area contributed by atoms with Crippen LogP contribution < -0.4 is 10.1 Å². The topological polar surface area (TPSA) is 75.6 Å². The number of unbranched alkanes of at least 4 members (excludes halogenated alkanes) is 7. The van der Waals surface area contributed by atoms with Crippen LogP contribution in [0.25, 0.3) is 11.6 Å². The highest BCUT2D eigenvalue weighted by molar-refractivity contribution is 14.1. The Hall–Kier alpha value is -1.39. The maximum Gasteiger partial charge on any atom is 0.303 e. The molecule has 3 rings (SSSR count). The molecular weight excluding hydrogens is 677 g/mol. The van der Waals surface area contributed by atoms with E-state index in [0.29, 0.717) is 12.2 Å². The highest BCUT2D eigenvalue weighted by atomic mass is 127. The third kappa shape index (κ3) is 8.09. The molecule has 1 heterocycles. The number of fused-ring (bicyclic) bond motifs is 1. The first-order valence-electron chi connectivity index (χ1n) is 11.5. The van der Waals surface area contributed by atoms with Gasteiger partial charge in [0.1, 0.15) is 5.75 Å². The molecule has 2 aromatic carbocycles. The predicted octanol–water partition coefficient (Wildman–Crippen LogP) is 8.28. The molecule has 5 nitrogen and oxygen atoms in total. The van der Waals surface area contributed by atoms with Crippen LogP contribution in [-0.2, 0) is 9.59 Å². The number of rotatable bonds is 13. The van der Waals surface area contributed by atoms with Crippen molar-refractivity contribution < 1.29 is 19.4 Å². The summed E-state index contributed by atoms with van der Waals surface area (Å²) in [5.74, 6) is -0.0250. The van der Waals surface area contributed by atoms with Crippen LogP contribution >= 0.6 is 54.5 Å². The van der Waals surface area contributed by atoms with Crippen LogP contribution in [0, 0.1) is 3.57 Å². The van der Waals surface area contributed by atoms with Gasteiger partial charge in [0.05, 0.1) is 15.6 Å². The Morgan fingerprint density at radius 1 is 0.971 bits per heavy atom. The number of hydrogen-bond donors (Lipinski definition) is 2. The Kier molecular flexibility index (Phi) is 10.9. The van der Waals surface area contributed by atoms with E-state index in [1.54, 1.807) is 0 Å². The number of amides is 1. The van der Waals surface area contributed by atoms with Crippen molar-refractivity contribution in [2.24, 2.45) is 0 Å². The number of benzene rings is 2. The van der Waals surface area contributed by atoms with Gasteiger partial charge in [-0.1, -0.05) is 38.5 Å². The first kappa shape index (κ1) is 27.2. The van der Waals surface area contributed by atoms with Crippen LogP contribution in [0.1, 0.15) is 68.9 Å². The summed E-state index contributed by atoms with van der Waals surface area (Å²) in [6.07, 6.45) is 10.7. The number of ether oxygens (including phenoxy) is 1. The molecule has 182 valence electrons. The molecule has 0 aliphatic carbocycles. The molecule has 0 fully saturated rings. The summed E-state index contributed by atoms with van der Waals surface area (Å²) in [5.41, 5.74) is 3.33. The van der Waals surface area contributed by atoms with Gasteiger partial charge in [-0.15, -0.1) is 0 Å². The van der Waals surface area contributed by atoms with Crippen molar-refractivity contribution in [2.45, 2.75) is 57.8 Å². The lowest BCUT2D eigenvalue weighted by atomic mass is 10.0. The van der Waals surface area contributed by atoms with Gasteiger partial charge in [0.25, 0.3) is 5.91 Å². The Morgan fingerprint density at radius 3 is 2.24 bits per heavy atom. The lowest BCUT2D eigenvalue weighted by Crippen LogP contribution is -2.03. The molecule has 8 heteroatoms. The van der Waals surface area contributed by atoms with Gasteiger partial charge in [0, 0.05) is 26.8 Å². The van der Waals surface area contributed by atoms with E-state index >= 15 is 0 Å². The molecule has 1 aliphatic rings. The zero-order chi connectivity index (χ0) is 24.5. The normalized spacial score (nSPS) is 13.7. The van der Waals surface area contributed by atoms with Crippen molar-refractivity contribution >= 4 is 83.7 Å². The fourth-order valence-corrected chi connectivity index (χ4v) is 5.83. The van der Waals surface area contributed by atoms with Crippen LogP contribution in [0.4, 0.5) is 5.69 Å². The highest BCUT2D eigenvalue weighted by Crippen LogP contribution is 2.38. The average Bonchev–Trinajstić information content (AvgIpc) is 3.07. The minimum atomic E-state index is -0.702. The summed E-state index contributed by atoms with van der Waals surface area (Å²) < 4.78 is 8.79. The minimum absolute atomic E-state index is 0.0927. The Bertz CT molecular complexity index is 1050. The predicted molar refractivity (Wildman–Crippen MR) is 152 cm³/mol. The van der Waals surface area contributed by atoms with Gasteiger partial charge in [0.2, 0.25) is 0 Å². The molecule has 0 spiro atoms. The fourth-order valence-electron chi connectivity index (χ4n) is 3.88. The Labute approximate surface area is 231 Å². The van der Waals surface area contributed by atoms with Gasteiger partial charge >= 0.3 is 5.97 Å². The lowest BCUT2D eigenvalue weighted by Gasteiger charge is -2.12. The largest absolute Gasteiger partial charge is 0.491 e. The van der Waals surface area contributed by atoms with Gasteiger partial charge in [0.15, 0.2) is 0 Å². The molecule has 2 aromatic rings. The first-order chi connectivity index (χ1) is 16.3. The van der Waals surface area contributed by atoms with Gasteiger partial charge in [-0.05, 0) is 109 Å². The summed E-state index contributed by atoms with van der Waals surface area (Å²) >= 11 is 9.48. The van der Waals surface area contributed by atoms with Gasteiger partial charge in [-0.2, -0.15) is 0 Å². The number of carbonyl (C=O) groups excluding carboxylic acids is 1. The summed E-state index contributed by atoms with van der Waals surface area (Å²) in [4.78, 5) is 23.0. The molecule has 0 aromatic heterocycles. The highest BCUT2D eigenvalue weighted by Gasteiger charge is 2.24. The third-order valence-corrected chi connectivity index (χ3v) is 7.48. The van der Waals surface area contributed by atoms with Crippen LogP contribution in [0.3, 0.4) is 0 Å². The van der Waals surface area contributed by atoms with Gasteiger partial charge < -0.3 is 15.2 Å². The molecule has 1 aliphatic heterocycles. The quantitative estimate of drug-likeness (QED) is 0.125. The van der Waals surface area contributed by atoms with E-state index < -0.39 is 5.97 Å². The molecule has 0 saturated carbocycles. The number of nitrogens with one attached hydrogen (secondary N) is 1. The Morgan fingerprint density at radius 2 is 1.59 bits per heavy atom. The van der Waals surface area contributed by atoms with Crippen molar-refractivity contribution in [3.8, 4) is 5.75 Å². The molecule has 0 saturated heterocycles. The summed E-state index contributed by atoms with van der Waals surface area (Å²) in [5, 5.41) is 11.6. The molecule has 0 unspecified atom stereocenters. The van der Waals surface area contributed by atoms with Crippen molar-refractivity contribution in [2.75, 3.05) is 11.9 Å². The monoisotopic (exact) mass is 703 g/mol. The van der Waals surface area contributed by atoms with Crippen molar-refractivity contribution in [1.82, 2.24) is 0 Å². The first-order valence-corrected chi connectivity index (χ1v) is 14.2. The number of carboxylic acid groups (broad SMARTS) is 1. The molecule has 2 N–H and O–H groups in total.